The predicted molar refractivity (Wildman–Crippen MR) is 72.8 cm³/mol. The number of carboxylic acid groups (broad SMARTS) is 1. The topological polar surface area (TPSA) is 95.9 Å². The lowest BCUT2D eigenvalue weighted by Gasteiger charge is -2.21. The molecule has 0 aliphatic carbocycles. The van der Waals surface area contributed by atoms with E-state index in [1.165, 1.54) is 6.92 Å². The van der Waals surface area contributed by atoms with Gasteiger partial charge < -0.3 is 20.3 Å². The summed E-state index contributed by atoms with van der Waals surface area (Å²) >= 11 is 0. The normalized spacial score (nSPS) is 13.3. The van der Waals surface area contributed by atoms with Gasteiger partial charge in [0.15, 0.2) is 0 Å². The molecule has 0 heterocycles. The number of ether oxygens (including phenoxy) is 1. The number of carbonyl (C=O) groups excluding carboxylic acids is 1. The Morgan fingerprint density at radius 3 is 2.40 bits per heavy atom. The molecule has 110 valence electrons. The van der Waals surface area contributed by atoms with E-state index in [1.807, 2.05) is 6.92 Å². The van der Waals surface area contributed by atoms with E-state index in [0.717, 1.165) is 0 Å². The van der Waals surface area contributed by atoms with Crippen LogP contribution in [0.25, 0.3) is 0 Å². The molecule has 20 heavy (non-hydrogen) atoms. The molecule has 1 atom stereocenters. The first-order chi connectivity index (χ1) is 9.34. The summed E-state index contributed by atoms with van der Waals surface area (Å²) in [6.45, 7) is 3.64. The van der Waals surface area contributed by atoms with Crippen LogP contribution in [0.2, 0.25) is 0 Å². The third kappa shape index (κ3) is 5.27. The molecule has 1 amide bonds. The van der Waals surface area contributed by atoms with Crippen LogP contribution in [0.3, 0.4) is 0 Å². The fourth-order valence-electron chi connectivity index (χ4n) is 1.63. The third-order valence-corrected chi connectivity index (χ3v) is 2.59. The average molecular weight is 281 g/mol. The highest BCUT2D eigenvalue weighted by Gasteiger charge is 2.24. The van der Waals surface area contributed by atoms with E-state index in [1.54, 1.807) is 24.3 Å². The van der Waals surface area contributed by atoms with Gasteiger partial charge in [0, 0.05) is 12.1 Å². The molecule has 6 heteroatoms. The molecule has 0 aliphatic rings. The van der Waals surface area contributed by atoms with Crippen LogP contribution < -0.4 is 10.1 Å². The standard InChI is InChI=1S/C14H19NO5/c1-3-20-11-6-4-10(5-7-11)13(18)15-9-14(2,19)8-12(16)17/h4-7,19H,3,8-9H2,1-2H3,(H,15,18)(H,16,17). The van der Waals surface area contributed by atoms with E-state index >= 15 is 0 Å². The second kappa shape index (κ2) is 6.91. The number of rotatable bonds is 7. The molecule has 0 aliphatic heterocycles. The number of aliphatic carboxylic acids is 1. The third-order valence-electron chi connectivity index (χ3n) is 2.59. The van der Waals surface area contributed by atoms with Gasteiger partial charge in [0.25, 0.3) is 5.91 Å². The largest absolute Gasteiger partial charge is 0.494 e. The van der Waals surface area contributed by atoms with Gasteiger partial charge in [0.2, 0.25) is 0 Å². The Labute approximate surface area is 117 Å². The van der Waals surface area contributed by atoms with E-state index in [-0.39, 0.29) is 12.5 Å². The van der Waals surface area contributed by atoms with Gasteiger partial charge in [0.1, 0.15) is 5.75 Å². The monoisotopic (exact) mass is 281 g/mol. The molecule has 0 spiro atoms. The van der Waals surface area contributed by atoms with Gasteiger partial charge in [-0.05, 0) is 38.1 Å². The molecule has 0 bridgehead atoms. The molecule has 1 rings (SSSR count). The van der Waals surface area contributed by atoms with Gasteiger partial charge in [-0.1, -0.05) is 0 Å². The summed E-state index contributed by atoms with van der Waals surface area (Å²) in [5, 5.41) is 20.9. The summed E-state index contributed by atoms with van der Waals surface area (Å²) in [4.78, 5) is 22.4. The first kappa shape index (κ1) is 16.0. The van der Waals surface area contributed by atoms with E-state index in [0.29, 0.717) is 17.9 Å². The fraction of sp³-hybridized carbons (Fsp3) is 0.429. The summed E-state index contributed by atoms with van der Waals surface area (Å²) in [5.41, 5.74) is -1.06. The highest BCUT2D eigenvalue weighted by molar-refractivity contribution is 5.94. The minimum atomic E-state index is -1.48. The lowest BCUT2D eigenvalue weighted by molar-refractivity contribution is -0.141. The number of hydrogen-bond donors (Lipinski definition) is 3. The number of carboxylic acids is 1. The number of aliphatic hydroxyl groups is 1. The second-order valence-electron chi connectivity index (χ2n) is 4.71. The maximum atomic E-state index is 11.8. The Bertz CT molecular complexity index is 467. The number of hydrogen-bond acceptors (Lipinski definition) is 4. The van der Waals surface area contributed by atoms with E-state index in [9.17, 15) is 14.7 Å². The Hall–Kier alpha value is -2.08. The lowest BCUT2D eigenvalue weighted by atomic mass is 10.0. The molecule has 6 nitrogen and oxygen atoms in total. The molecule has 0 radical (unpaired) electrons. The van der Waals surface area contributed by atoms with Gasteiger partial charge in [-0.2, -0.15) is 0 Å². The molecule has 1 aromatic carbocycles. The molecule has 0 saturated carbocycles. The van der Waals surface area contributed by atoms with Gasteiger partial charge >= 0.3 is 5.97 Å². The van der Waals surface area contributed by atoms with Crippen molar-refractivity contribution in [2.24, 2.45) is 0 Å². The van der Waals surface area contributed by atoms with E-state index in [2.05, 4.69) is 5.32 Å². The van der Waals surface area contributed by atoms with Crippen LogP contribution in [0.5, 0.6) is 5.75 Å². The number of carbonyl (C=O) groups is 2. The molecule has 1 unspecified atom stereocenters. The quantitative estimate of drug-likeness (QED) is 0.694. The number of nitrogens with one attached hydrogen (secondary N) is 1. The van der Waals surface area contributed by atoms with E-state index in [4.69, 9.17) is 9.84 Å². The number of amides is 1. The minimum Gasteiger partial charge on any atom is -0.494 e. The summed E-state index contributed by atoms with van der Waals surface area (Å²) in [6, 6.07) is 6.56. The molecule has 0 fully saturated rings. The average Bonchev–Trinajstić information content (AvgIpc) is 2.36. The van der Waals surface area contributed by atoms with Gasteiger partial charge in [0.05, 0.1) is 18.6 Å². The Balaban J connectivity index is 2.56. The molecule has 1 aromatic rings. The van der Waals surface area contributed by atoms with Crippen molar-refractivity contribution in [1.29, 1.82) is 0 Å². The molecule has 0 aromatic heterocycles. The SMILES string of the molecule is CCOc1ccc(C(=O)NCC(C)(O)CC(=O)O)cc1. The van der Waals surface area contributed by atoms with Crippen molar-refractivity contribution >= 4 is 11.9 Å². The Morgan fingerprint density at radius 1 is 1.30 bits per heavy atom. The van der Waals surface area contributed by atoms with Crippen LogP contribution in [-0.4, -0.2) is 40.8 Å². The highest BCUT2D eigenvalue weighted by Crippen LogP contribution is 2.13. The first-order valence-corrected chi connectivity index (χ1v) is 6.29. The van der Waals surface area contributed by atoms with Gasteiger partial charge in [-0.25, -0.2) is 0 Å². The zero-order chi connectivity index (χ0) is 15.2. The van der Waals surface area contributed by atoms with Crippen LogP contribution in [0.1, 0.15) is 30.6 Å². The summed E-state index contributed by atoms with van der Waals surface area (Å²) in [7, 11) is 0. The second-order valence-corrected chi connectivity index (χ2v) is 4.71. The zero-order valence-electron chi connectivity index (χ0n) is 11.5. The maximum absolute atomic E-state index is 11.8. The Kier molecular flexibility index (Phi) is 5.52. The summed E-state index contributed by atoms with van der Waals surface area (Å²) in [6.07, 6.45) is -0.434. The van der Waals surface area contributed by atoms with Crippen molar-refractivity contribution in [1.82, 2.24) is 5.32 Å². The van der Waals surface area contributed by atoms with Crippen molar-refractivity contribution in [2.75, 3.05) is 13.2 Å². The van der Waals surface area contributed by atoms with Gasteiger partial charge in [-0.3, -0.25) is 9.59 Å². The van der Waals surface area contributed by atoms with Crippen LogP contribution in [-0.2, 0) is 4.79 Å². The van der Waals surface area contributed by atoms with Crippen molar-refractivity contribution in [3.05, 3.63) is 29.8 Å². The van der Waals surface area contributed by atoms with Crippen molar-refractivity contribution in [3.8, 4) is 5.75 Å². The van der Waals surface area contributed by atoms with E-state index < -0.39 is 18.0 Å². The van der Waals surface area contributed by atoms with Crippen LogP contribution in [0.15, 0.2) is 24.3 Å². The van der Waals surface area contributed by atoms with Crippen molar-refractivity contribution < 1.29 is 24.5 Å². The fourth-order valence-corrected chi connectivity index (χ4v) is 1.63. The summed E-state index contributed by atoms with van der Waals surface area (Å²) in [5.74, 6) is -0.828. The molecule has 0 saturated heterocycles. The van der Waals surface area contributed by atoms with Crippen LogP contribution in [0.4, 0.5) is 0 Å². The predicted octanol–water partition coefficient (Wildman–Crippen LogP) is 1.04. The summed E-state index contributed by atoms with van der Waals surface area (Å²) < 4.78 is 5.26. The molecular weight excluding hydrogens is 262 g/mol. The van der Waals surface area contributed by atoms with Crippen LogP contribution >= 0.6 is 0 Å². The minimum absolute atomic E-state index is 0.134. The Morgan fingerprint density at radius 2 is 1.90 bits per heavy atom. The lowest BCUT2D eigenvalue weighted by Crippen LogP contribution is -2.42. The van der Waals surface area contributed by atoms with Crippen molar-refractivity contribution in [3.63, 3.8) is 0 Å². The maximum Gasteiger partial charge on any atom is 0.306 e. The highest BCUT2D eigenvalue weighted by atomic mass is 16.5. The van der Waals surface area contributed by atoms with Gasteiger partial charge in [-0.15, -0.1) is 0 Å². The molecule has 3 N–H and O–H groups in total. The number of benzene rings is 1. The smallest absolute Gasteiger partial charge is 0.306 e. The molecular formula is C14H19NO5. The zero-order valence-corrected chi connectivity index (χ0v) is 11.5. The van der Waals surface area contributed by atoms with Crippen LogP contribution in [0, 0.1) is 0 Å². The first-order valence-electron chi connectivity index (χ1n) is 6.29. The van der Waals surface area contributed by atoms with Crippen molar-refractivity contribution in [2.45, 2.75) is 25.9 Å².